The number of carbonyl (C=O) groups is 1. The van der Waals surface area contributed by atoms with Crippen molar-refractivity contribution in [3.05, 3.63) is 22.4 Å². The molecule has 1 aromatic rings. The van der Waals surface area contributed by atoms with Gasteiger partial charge in [-0.25, -0.2) is 0 Å². The minimum atomic E-state index is 0.369. The smallest absolute Gasteiger partial charge is 0.149 e. The van der Waals surface area contributed by atoms with E-state index in [1.165, 1.54) is 31.2 Å². The summed E-state index contributed by atoms with van der Waals surface area (Å²) >= 11 is 1.75. The number of hydrogen-bond acceptors (Lipinski definition) is 3. The van der Waals surface area contributed by atoms with Crippen LogP contribution in [0.2, 0.25) is 0 Å². The lowest BCUT2D eigenvalue weighted by Gasteiger charge is -2.22. The summed E-state index contributed by atoms with van der Waals surface area (Å²) in [5.74, 6) is 0.864. The number of Topliss-reactive ketones (excluding diaryl/α,β-unsaturated/α-hetero) is 1. The van der Waals surface area contributed by atoms with Gasteiger partial charge in [0.15, 0.2) is 0 Å². The standard InChI is InChI=1S/C15H21NOS/c17-15(13-3-1-2-4-13)10-16(14-5-6-14)9-12-7-8-18-11-12/h7-8,11,13-14H,1-6,9-10H2. The van der Waals surface area contributed by atoms with Gasteiger partial charge in [-0.1, -0.05) is 12.8 Å². The van der Waals surface area contributed by atoms with Crippen molar-refractivity contribution >= 4 is 17.1 Å². The number of rotatable bonds is 6. The molecule has 3 rings (SSSR count). The third kappa shape index (κ3) is 3.01. The van der Waals surface area contributed by atoms with Gasteiger partial charge in [-0.2, -0.15) is 11.3 Å². The molecule has 0 spiro atoms. The highest BCUT2D eigenvalue weighted by Crippen LogP contribution is 2.31. The summed E-state index contributed by atoms with van der Waals surface area (Å²) in [6.07, 6.45) is 7.34. The number of ketones is 1. The Morgan fingerprint density at radius 2 is 2.06 bits per heavy atom. The van der Waals surface area contributed by atoms with Crippen LogP contribution in [0.25, 0.3) is 0 Å². The van der Waals surface area contributed by atoms with Gasteiger partial charge in [-0.05, 0) is 48.1 Å². The number of hydrogen-bond donors (Lipinski definition) is 0. The van der Waals surface area contributed by atoms with Crippen LogP contribution in [0.1, 0.15) is 44.1 Å². The Bertz CT molecular complexity index is 391. The second-order valence-electron chi connectivity index (χ2n) is 5.72. The maximum Gasteiger partial charge on any atom is 0.149 e. The summed E-state index contributed by atoms with van der Waals surface area (Å²) in [5, 5.41) is 4.33. The molecule has 2 nitrogen and oxygen atoms in total. The topological polar surface area (TPSA) is 20.3 Å². The number of nitrogens with zero attached hydrogens (tertiary/aromatic N) is 1. The van der Waals surface area contributed by atoms with Crippen molar-refractivity contribution in [1.29, 1.82) is 0 Å². The molecule has 0 radical (unpaired) electrons. The van der Waals surface area contributed by atoms with Gasteiger partial charge in [0.05, 0.1) is 6.54 Å². The summed E-state index contributed by atoms with van der Waals surface area (Å²) in [6.45, 7) is 1.65. The van der Waals surface area contributed by atoms with E-state index >= 15 is 0 Å². The molecule has 2 fully saturated rings. The molecule has 0 N–H and O–H groups in total. The first-order valence-electron chi connectivity index (χ1n) is 7.11. The third-order valence-corrected chi connectivity index (χ3v) is 4.93. The lowest BCUT2D eigenvalue weighted by atomic mass is 10.0. The van der Waals surface area contributed by atoms with E-state index in [4.69, 9.17) is 0 Å². The molecule has 2 aliphatic carbocycles. The first-order valence-corrected chi connectivity index (χ1v) is 8.05. The van der Waals surface area contributed by atoms with Crippen molar-refractivity contribution in [1.82, 2.24) is 4.90 Å². The van der Waals surface area contributed by atoms with Crippen LogP contribution in [-0.2, 0) is 11.3 Å². The van der Waals surface area contributed by atoms with Crippen molar-refractivity contribution in [2.75, 3.05) is 6.54 Å². The summed E-state index contributed by atoms with van der Waals surface area (Å²) < 4.78 is 0. The zero-order chi connectivity index (χ0) is 12.4. The average Bonchev–Trinajstić information content (AvgIpc) is 2.88. The molecule has 1 aromatic heterocycles. The van der Waals surface area contributed by atoms with E-state index in [9.17, 15) is 4.79 Å². The van der Waals surface area contributed by atoms with E-state index in [-0.39, 0.29) is 0 Å². The van der Waals surface area contributed by atoms with Crippen LogP contribution >= 0.6 is 11.3 Å². The van der Waals surface area contributed by atoms with Gasteiger partial charge in [0.2, 0.25) is 0 Å². The first-order chi connectivity index (χ1) is 8.83. The molecule has 0 aliphatic heterocycles. The highest BCUT2D eigenvalue weighted by molar-refractivity contribution is 7.07. The van der Waals surface area contributed by atoms with E-state index < -0.39 is 0 Å². The Labute approximate surface area is 113 Å². The highest BCUT2D eigenvalue weighted by atomic mass is 32.1. The lowest BCUT2D eigenvalue weighted by Crippen LogP contribution is -2.33. The molecule has 0 atom stereocenters. The van der Waals surface area contributed by atoms with E-state index in [2.05, 4.69) is 21.7 Å². The maximum absolute atomic E-state index is 12.3. The van der Waals surface area contributed by atoms with Crippen molar-refractivity contribution < 1.29 is 4.79 Å². The Balaban J connectivity index is 1.58. The molecular formula is C15H21NOS. The minimum Gasteiger partial charge on any atom is -0.298 e. The third-order valence-electron chi connectivity index (χ3n) is 4.20. The van der Waals surface area contributed by atoms with Crippen molar-refractivity contribution in [2.24, 2.45) is 5.92 Å². The fourth-order valence-corrected chi connectivity index (χ4v) is 3.61. The van der Waals surface area contributed by atoms with E-state index in [0.717, 1.165) is 19.4 Å². The largest absolute Gasteiger partial charge is 0.298 e. The fourth-order valence-electron chi connectivity index (χ4n) is 2.95. The highest BCUT2D eigenvalue weighted by Gasteiger charge is 2.32. The quantitative estimate of drug-likeness (QED) is 0.783. The molecule has 0 amide bonds. The molecule has 2 aliphatic rings. The minimum absolute atomic E-state index is 0.369. The molecule has 0 bridgehead atoms. The molecule has 1 heterocycles. The molecule has 0 unspecified atom stereocenters. The van der Waals surface area contributed by atoms with Crippen LogP contribution in [0.5, 0.6) is 0 Å². The maximum atomic E-state index is 12.3. The van der Waals surface area contributed by atoms with Gasteiger partial charge in [0.1, 0.15) is 5.78 Å². The summed E-state index contributed by atoms with van der Waals surface area (Å²) in [6, 6.07) is 2.86. The molecule has 18 heavy (non-hydrogen) atoms. The van der Waals surface area contributed by atoms with Crippen molar-refractivity contribution in [2.45, 2.75) is 51.1 Å². The monoisotopic (exact) mass is 263 g/mol. The first kappa shape index (κ1) is 12.4. The second-order valence-corrected chi connectivity index (χ2v) is 6.50. The average molecular weight is 263 g/mol. The summed E-state index contributed by atoms with van der Waals surface area (Å²) in [7, 11) is 0. The van der Waals surface area contributed by atoms with E-state index in [0.29, 0.717) is 24.3 Å². The molecule has 98 valence electrons. The van der Waals surface area contributed by atoms with Gasteiger partial charge in [0, 0.05) is 18.5 Å². The van der Waals surface area contributed by atoms with Crippen LogP contribution < -0.4 is 0 Å². The molecule has 3 heteroatoms. The van der Waals surface area contributed by atoms with E-state index in [1.54, 1.807) is 11.3 Å². The van der Waals surface area contributed by atoms with Gasteiger partial charge >= 0.3 is 0 Å². The Hall–Kier alpha value is -0.670. The summed E-state index contributed by atoms with van der Waals surface area (Å²) in [5.41, 5.74) is 1.37. The van der Waals surface area contributed by atoms with Gasteiger partial charge in [0.25, 0.3) is 0 Å². The van der Waals surface area contributed by atoms with Crippen LogP contribution in [-0.4, -0.2) is 23.3 Å². The predicted octanol–water partition coefficient (Wildman–Crippen LogP) is 3.47. The van der Waals surface area contributed by atoms with Gasteiger partial charge in [-0.3, -0.25) is 9.69 Å². The van der Waals surface area contributed by atoms with Gasteiger partial charge in [-0.15, -0.1) is 0 Å². The number of thiophene rings is 1. The van der Waals surface area contributed by atoms with Crippen LogP contribution in [0, 0.1) is 5.92 Å². The summed E-state index contributed by atoms with van der Waals surface area (Å²) in [4.78, 5) is 14.7. The van der Waals surface area contributed by atoms with Crippen molar-refractivity contribution in [3.8, 4) is 0 Å². The Kier molecular flexibility index (Phi) is 3.80. The molecule has 2 saturated carbocycles. The predicted molar refractivity (Wildman–Crippen MR) is 74.7 cm³/mol. The zero-order valence-electron chi connectivity index (χ0n) is 10.8. The Morgan fingerprint density at radius 3 is 2.67 bits per heavy atom. The zero-order valence-corrected chi connectivity index (χ0v) is 11.6. The van der Waals surface area contributed by atoms with Crippen LogP contribution in [0.15, 0.2) is 16.8 Å². The van der Waals surface area contributed by atoms with Crippen molar-refractivity contribution in [3.63, 3.8) is 0 Å². The second kappa shape index (κ2) is 5.54. The Morgan fingerprint density at radius 1 is 1.28 bits per heavy atom. The molecule has 0 aromatic carbocycles. The molecular weight excluding hydrogens is 242 g/mol. The van der Waals surface area contributed by atoms with Crippen LogP contribution in [0.4, 0.5) is 0 Å². The lowest BCUT2D eigenvalue weighted by molar-refractivity contribution is -0.124. The SMILES string of the molecule is O=C(CN(Cc1ccsc1)C1CC1)C1CCCC1. The molecule has 0 saturated heterocycles. The fraction of sp³-hybridized carbons (Fsp3) is 0.667. The van der Waals surface area contributed by atoms with Gasteiger partial charge < -0.3 is 0 Å². The van der Waals surface area contributed by atoms with Crippen LogP contribution in [0.3, 0.4) is 0 Å². The number of carbonyl (C=O) groups excluding carboxylic acids is 1. The van der Waals surface area contributed by atoms with E-state index in [1.807, 2.05) is 0 Å². The normalized spacial score (nSPS) is 20.7.